The second-order valence-electron chi connectivity index (χ2n) is 4.10. The molecule has 3 rings (SSSR count). The monoisotopic (exact) mass is 226 g/mol. The predicted octanol–water partition coefficient (Wildman–Crippen LogP) is 2.74. The van der Waals surface area contributed by atoms with Gasteiger partial charge >= 0.3 is 0 Å². The van der Waals surface area contributed by atoms with Gasteiger partial charge in [-0.15, -0.1) is 0 Å². The van der Waals surface area contributed by atoms with Crippen LogP contribution in [0.25, 0.3) is 21.9 Å². The number of nitrogens with one attached hydrogen (secondary N) is 1. The molecule has 0 atom stereocenters. The summed E-state index contributed by atoms with van der Waals surface area (Å²) < 4.78 is 5.83. The first-order valence-electron chi connectivity index (χ1n) is 5.80. The molecule has 17 heavy (non-hydrogen) atoms. The molecule has 1 aromatic heterocycles. The first-order chi connectivity index (χ1) is 8.38. The predicted molar refractivity (Wildman–Crippen MR) is 69.1 cm³/mol. The highest BCUT2D eigenvalue weighted by Crippen LogP contribution is 2.25. The van der Waals surface area contributed by atoms with Gasteiger partial charge in [0.1, 0.15) is 5.52 Å². The Labute approximate surface area is 99.5 Å². The van der Waals surface area contributed by atoms with Crippen molar-refractivity contribution < 1.29 is 4.42 Å². The zero-order valence-electron chi connectivity index (χ0n) is 9.73. The van der Waals surface area contributed by atoms with Gasteiger partial charge in [-0.1, -0.05) is 30.3 Å². The Morgan fingerprint density at radius 1 is 1.18 bits per heavy atom. The molecule has 0 saturated heterocycles. The number of hydrogen-bond donors (Lipinski definition) is 1. The van der Waals surface area contributed by atoms with E-state index in [4.69, 9.17) is 4.42 Å². The van der Waals surface area contributed by atoms with Crippen LogP contribution in [0.1, 0.15) is 5.89 Å². The number of benzene rings is 2. The molecule has 0 bridgehead atoms. The molecule has 0 aliphatic rings. The molecule has 86 valence electrons. The molecule has 0 spiro atoms. The molecule has 0 saturated carbocycles. The number of hydrogen-bond acceptors (Lipinski definition) is 3. The molecular weight excluding hydrogens is 212 g/mol. The van der Waals surface area contributed by atoms with Gasteiger partial charge in [0, 0.05) is 18.4 Å². The minimum Gasteiger partial charge on any atom is -0.440 e. The number of likely N-dealkylation sites (N-methyl/N-ethyl adjacent to an activating group) is 1. The third-order valence-corrected chi connectivity index (χ3v) is 2.91. The normalized spacial score (nSPS) is 11.4. The molecular formula is C14H14N2O. The highest BCUT2D eigenvalue weighted by Gasteiger charge is 2.08. The fourth-order valence-corrected chi connectivity index (χ4v) is 2.04. The summed E-state index contributed by atoms with van der Waals surface area (Å²) in [5.41, 5.74) is 1.84. The maximum atomic E-state index is 5.83. The Morgan fingerprint density at radius 3 is 2.94 bits per heavy atom. The highest BCUT2D eigenvalue weighted by molar-refractivity contribution is 6.02. The van der Waals surface area contributed by atoms with E-state index < -0.39 is 0 Å². The van der Waals surface area contributed by atoms with Gasteiger partial charge in [-0.2, -0.15) is 0 Å². The summed E-state index contributed by atoms with van der Waals surface area (Å²) in [5.74, 6) is 0.797. The van der Waals surface area contributed by atoms with Crippen LogP contribution in [-0.4, -0.2) is 18.6 Å². The molecule has 3 nitrogen and oxygen atoms in total. The Morgan fingerprint density at radius 2 is 2.06 bits per heavy atom. The van der Waals surface area contributed by atoms with E-state index in [1.807, 2.05) is 25.2 Å². The lowest BCUT2D eigenvalue weighted by Crippen LogP contribution is -2.10. The van der Waals surface area contributed by atoms with E-state index in [0.717, 1.165) is 35.3 Å². The minimum absolute atomic E-state index is 0.797. The smallest absolute Gasteiger partial charge is 0.196 e. The van der Waals surface area contributed by atoms with E-state index in [9.17, 15) is 0 Å². The molecule has 0 amide bonds. The molecule has 0 aliphatic heterocycles. The summed E-state index contributed by atoms with van der Waals surface area (Å²) in [7, 11) is 1.93. The van der Waals surface area contributed by atoms with E-state index in [2.05, 4.69) is 28.5 Å². The summed E-state index contributed by atoms with van der Waals surface area (Å²) >= 11 is 0. The summed E-state index contributed by atoms with van der Waals surface area (Å²) in [6, 6.07) is 12.3. The summed E-state index contributed by atoms with van der Waals surface area (Å²) in [6.45, 7) is 0.880. The van der Waals surface area contributed by atoms with Gasteiger partial charge in [-0.3, -0.25) is 0 Å². The number of aromatic nitrogens is 1. The van der Waals surface area contributed by atoms with Crippen LogP contribution in [0.4, 0.5) is 0 Å². The highest BCUT2D eigenvalue weighted by atomic mass is 16.3. The fraction of sp³-hybridized carbons (Fsp3) is 0.214. The lowest BCUT2D eigenvalue weighted by molar-refractivity contribution is 0.524. The zero-order valence-corrected chi connectivity index (χ0v) is 9.73. The fourth-order valence-electron chi connectivity index (χ4n) is 2.04. The quantitative estimate of drug-likeness (QED) is 0.746. The molecule has 3 heteroatoms. The molecule has 0 radical (unpaired) electrons. The van der Waals surface area contributed by atoms with Crippen molar-refractivity contribution in [3.8, 4) is 0 Å². The van der Waals surface area contributed by atoms with Crippen molar-refractivity contribution in [1.82, 2.24) is 10.3 Å². The van der Waals surface area contributed by atoms with Crippen LogP contribution in [0.5, 0.6) is 0 Å². The van der Waals surface area contributed by atoms with E-state index >= 15 is 0 Å². The van der Waals surface area contributed by atoms with Crippen LogP contribution < -0.4 is 5.32 Å². The van der Waals surface area contributed by atoms with Crippen molar-refractivity contribution in [3.63, 3.8) is 0 Å². The molecule has 0 aliphatic carbocycles. The number of nitrogens with zero attached hydrogens (tertiary/aromatic N) is 1. The summed E-state index contributed by atoms with van der Waals surface area (Å²) in [6.07, 6.45) is 0.819. The minimum atomic E-state index is 0.797. The summed E-state index contributed by atoms with van der Waals surface area (Å²) in [4.78, 5) is 4.49. The topological polar surface area (TPSA) is 38.1 Å². The van der Waals surface area contributed by atoms with Gasteiger partial charge in [0.2, 0.25) is 0 Å². The Bertz CT molecular complexity index is 657. The van der Waals surface area contributed by atoms with Crippen molar-refractivity contribution >= 4 is 21.9 Å². The van der Waals surface area contributed by atoms with E-state index in [0.29, 0.717) is 0 Å². The maximum absolute atomic E-state index is 5.83. The second-order valence-corrected chi connectivity index (χ2v) is 4.10. The third kappa shape index (κ3) is 1.78. The van der Waals surface area contributed by atoms with Crippen LogP contribution in [0.2, 0.25) is 0 Å². The van der Waals surface area contributed by atoms with Crippen molar-refractivity contribution in [2.75, 3.05) is 13.6 Å². The van der Waals surface area contributed by atoms with E-state index in [1.54, 1.807) is 0 Å². The standard InChI is InChI=1S/C14H14N2O/c1-15-9-8-13-16-12-7-6-10-4-2-3-5-11(10)14(12)17-13/h2-7,15H,8-9H2,1H3. The second kappa shape index (κ2) is 4.18. The number of rotatable bonds is 3. The van der Waals surface area contributed by atoms with Crippen LogP contribution in [0.15, 0.2) is 40.8 Å². The average Bonchev–Trinajstić information content (AvgIpc) is 2.79. The molecule has 0 unspecified atom stereocenters. The molecule has 2 aromatic carbocycles. The number of oxazole rings is 1. The zero-order chi connectivity index (χ0) is 11.7. The lowest BCUT2D eigenvalue weighted by Gasteiger charge is -1.96. The van der Waals surface area contributed by atoms with Crippen molar-refractivity contribution in [2.45, 2.75) is 6.42 Å². The van der Waals surface area contributed by atoms with E-state index in [-0.39, 0.29) is 0 Å². The van der Waals surface area contributed by atoms with E-state index in [1.165, 1.54) is 5.39 Å². The van der Waals surface area contributed by atoms with Crippen molar-refractivity contribution in [3.05, 3.63) is 42.3 Å². The third-order valence-electron chi connectivity index (χ3n) is 2.91. The van der Waals surface area contributed by atoms with Gasteiger partial charge in [0.25, 0.3) is 0 Å². The van der Waals surface area contributed by atoms with Crippen LogP contribution in [-0.2, 0) is 6.42 Å². The van der Waals surface area contributed by atoms with Crippen molar-refractivity contribution in [1.29, 1.82) is 0 Å². The summed E-state index contributed by atoms with van der Waals surface area (Å²) in [5, 5.41) is 5.42. The van der Waals surface area contributed by atoms with Gasteiger partial charge in [0.15, 0.2) is 11.5 Å². The molecule has 1 N–H and O–H groups in total. The Balaban J connectivity index is 2.17. The van der Waals surface area contributed by atoms with Crippen molar-refractivity contribution in [2.24, 2.45) is 0 Å². The van der Waals surface area contributed by atoms with Gasteiger partial charge < -0.3 is 9.73 Å². The van der Waals surface area contributed by atoms with Gasteiger partial charge in [-0.25, -0.2) is 4.98 Å². The Kier molecular flexibility index (Phi) is 2.53. The van der Waals surface area contributed by atoms with Gasteiger partial charge in [0.05, 0.1) is 0 Å². The number of fused-ring (bicyclic) bond motifs is 3. The average molecular weight is 226 g/mol. The van der Waals surface area contributed by atoms with Crippen LogP contribution >= 0.6 is 0 Å². The first kappa shape index (κ1) is 10.3. The molecule has 3 aromatic rings. The Hall–Kier alpha value is -1.87. The molecule has 1 heterocycles. The SMILES string of the molecule is CNCCc1nc2ccc3ccccc3c2o1. The first-order valence-corrected chi connectivity index (χ1v) is 5.80. The maximum Gasteiger partial charge on any atom is 0.196 e. The lowest BCUT2D eigenvalue weighted by atomic mass is 10.1. The molecule has 0 fully saturated rings. The van der Waals surface area contributed by atoms with Crippen LogP contribution in [0.3, 0.4) is 0 Å². The largest absolute Gasteiger partial charge is 0.440 e. The van der Waals surface area contributed by atoms with Gasteiger partial charge in [-0.05, 0) is 18.5 Å². The van der Waals surface area contributed by atoms with Crippen LogP contribution in [0, 0.1) is 0 Å².